The van der Waals surface area contributed by atoms with Crippen LogP contribution < -0.4 is 4.74 Å². The summed E-state index contributed by atoms with van der Waals surface area (Å²) >= 11 is 0. The Hall–Kier alpha value is -2.61. The van der Waals surface area contributed by atoms with Gasteiger partial charge in [0.05, 0.1) is 13.2 Å². The van der Waals surface area contributed by atoms with Gasteiger partial charge in [-0.05, 0) is 11.5 Å². The highest BCUT2D eigenvalue weighted by atomic mass is 16.5. The first-order chi connectivity index (χ1) is 11.4. The molecule has 3 rings (SSSR count). The zero-order valence-corrected chi connectivity index (χ0v) is 14.1. The van der Waals surface area contributed by atoms with Crippen LogP contribution in [0.1, 0.15) is 38.2 Å². The predicted molar refractivity (Wildman–Crippen MR) is 88.7 cm³/mol. The number of hydrogen-bond donors (Lipinski definition) is 1. The maximum Gasteiger partial charge on any atom is 0.205 e. The highest BCUT2D eigenvalue weighted by Gasteiger charge is 2.46. The minimum atomic E-state index is -0.829. The van der Waals surface area contributed by atoms with Gasteiger partial charge in [-0.3, -0.25) is 10.2 Å². The standard InChI is InChI=1S/C19H20N2O3/c1-19(2)8-13(22)17-15(9-19)24-18(21)12(10-20)16(17)11-6-4-5-7-14(11)23-3/h4-7,12,16,21H,8-9H2,1-3H3. The molecule has 24 heavy (non-hydrogen) atoms. The number of nitrogens with one attached hydrogen (secondary N) is 1. The molecule has 1 aliphatic carbocycles. The fourth-order valence-electron chi connectivity index (χ4n) is 3.62. The monoisotopic (exact) mass is 324 g/mol. The van der Waals surface area contributed by atoms with Crippen molar-refractivity contribution in [2.75, 3.05) is 7.11 Å². The third kappa shape index (κ3) is 2.58. The number of ether oxygens (including phenoxy) is 2. The van der Waals surface area contributed by atoms with Gasteiger partial charge in [0.15, 0.2) is 5.78 Å². The Kier molecular flexibility index (Phi) is 3.92. The van der Waals surface area contributed by atoms with Crippen LogP contribution in [0.2, 0.25) is 0 Å². The largest absolute Gasteiger partial charge is 0.496 e. The number of para-hydroxylation sites is 1. The van der Waals surface area contributed by atoms with E-state index in [1.54, 1.807) is 13.2 Å². The molecule has 2 atom stereocenters. The first-order valence-corrected chi connectivity index (χ1v) is 7.93. The van der Waals surface area contributed by atoms with E-state index in [-0.39, 0.29) is 17.1 Å². The van der Waals surface area contributed by atoms with Crippen LogP contribution in [-0.2, 0) is 9.53 Å². The molecule has 2 aliphatic rings. The summed E-state index contributed by atoms with van der Waals surface area (Å²) < 4.78 is 11.0. The van der Waals surface area contributed by atoms with Gasteiger partial charge in [0.25, 0.3) is 0 Å². The molecule has 1 aliphatic heterocycles. The van der Waals surface area contributed by atoms with Crippen molar-refractivity contribution in [1.82, 2.24) is 0 Å². The van der Waals surface area contributed by atoms with Gasteiger partial charge in [0, 0.05) is 29.9 Å². The minimum Gasteiger partial charge on any atom is -0.496 e. The first-order valence-electron chi connectivity index (χ1n) is 7.93. The molecule has 0 saturated heterocycles. The number of hydrogen-bond acceptors (Lipinski definition) is 5. The number of nitrogens with zero attached hydrogens (tertiary/aromatic N) is 1. The van der Waals surface area contributed by atoms with Crippen LogP contribution in [0.25, 0.3) is 0 Å². The molecule has 0 saturated carbocycles. The molecule has 1 aromatic carbocycles. The first kappa shape index (κ1) is 16.3. The van der Waals surface area contributed by atoms with Gasteiger partial charge in [-0.25, -0.2) is 0 Å². The van der Waals surface area contributed by atoms with Gasteiger partial charge in [0.2, 0.25) is 5.90 Å². The lowest BCUT2D eigenvalue weighted by atomic mass is 9.68. The Labute approximate surface area is 141 Å². The summed E-state index contributed by atoms with van der Waals surface area (Å²) in [4.78, 5) is 12.8. The van der Waals surface area contributed by atoms with Crippen molar-refractivity contribution >= 4 is 11.7 Å². The molecule has 0 bridgehead atoms. The zero-order valence-electron chi connectivity index (χ0n) is 14.1. The lowest BCUT2D eigenvalue weighted by molar-refractivity contribution is -0.119. The summed E-state index contributed by atoms with van der Waals surface area (Å²) in [6, 6.07) is 9.49. The normalized spacial score (nSPS) is 25.6. The van der Waals surface area contributed by atoms with E-state index in [1.165, 1.54) is 0 Å². The van der Waals surface area contributed by atoms with Gasteiger partial charge in [0.1, 0.15) is 17.4 Å². The van der Waals surface area contributed by atoms with E-state index < -0.39 is 11.8 Å². The van der Waals surface area contributed by atoms with Crippen LogP contribution in [0.15, 0.2) is 35.6 Å². The topological polar surface area (TPSA) is 83.2 Å². The molecule has 1 heterocycles. The fourth-order valence-corrected chi connectivity index (χ4v) is 3.62. The molecule has 5 heteroatoms. The number of carbonyl (C=O) groups excluding carboxylic acids is 1. The predicted octanol–water partition coefficient (Wildman–Crippen LogP) is 3.57. The maximum atomic E-state index is 12.8. The summed E-state index contributed by atoms with van der Waals surface area (Å²) in [5.41, 5.74) is 1.07. The van der Waals surface area contributed by atoms with Crippen molar-refractivity contribution in [3.05, 3.63) is 41.2 Å². The SMILES string of the molecule is COc1ccccc1C1C2=C(CC(C)(C)CC2=O)OC(=N)C1C#N. The van der Waals surface area contributed by atoms with Gasteiger partial charge < -0.3 is 9.47 Å². The number of methoxy groups -OCH3 is 1. The average Bonchev–Trinajstić information content (AvgIpc) is 2.52. The summed E-state index contributed by atoms with van der Waals surface area (Å²) in [6.45, 7) is 4.02. The molecule has 5 nitrogen and oxygen atoms in total. The van der Waals surface area contributed by atoms with Crippen molar-refractivity contribution in [2.24, 2.45) is 11.3 Å². The van der Waals surface area contributed by atoms with Crippen molar-refractivity contribution < 1.29 is 14.3 Å². The fraction of sp³-hybridized carbons (Fsp3) is 0.421. The molecule has 1 aromatic rings. The van der Waals surface area contributed by atoms with Crippen molar-refractivity contribution in [3.8, 4) is 11.8 Å². The number of benzene rings is 1. The Morgan fingerprint density at radius 1 is 1.33 bits per heavy atom. The van der Waals surface area contributed by atoms with Crippen LogP contribution in [-0.4, -0.2) is 18.8 Å². The zero-order chi connectivity index (χ0) is 17.5. The molecule has 1 N–H and O–H groups in total. The van der Waals surface area contributed by atoms with E-state index in [4.69, 9.17) is 14.9 Å². The Morgan fingerprint density at radius 2 is 2.04 bits per heavy atom. The van der Waals surface area contributed by atoms with Crippen LogP contribution >= 0.6 is 0 Å². The van der Waals surface area contributed by atoms with Crippen LogP contribution in [0.5, 0.6) is 5.75 Å². The third-order valence-corrected chi connectivity index (χ3v) is 4.65. The summed E-state index contributed by atoms with van der Waals surface area (Å²) in [5.74, 6) is -0.315. The molecule has 0 fully saturated rings. The Balaban J connectivity index is 2.21. The van der Waals surface area contributed by atoms with E-state index in [0.29, 0.717) is 29.9 Å². The van der Waals surface area contributed by atoms with E-state index in [0.717, 1.165) is 5.56 Å². The second-order valence-corrected chi connectivity index (χ2v) is 7.07. The minimum absolute atomic E-state index is 0.00935. The van der Waals surface area contributed by atoms with Crippen LogP contribution in [0.4, 0.5) is 0 Å². The number of rotatable bonds is 2. The van der Waals surface area contributed by atoms with Gasteiger partial charge in [-0.1, -0.05) is 32.0 Å². The highest BCUT2D eigenvalue weighted by molar-refractivity contribution is 6.02. The Morgan fingerprint density at radius 3 is 2.71 bits per heavy atom. The second-order valence-electron chi connectivity index (χ2n) is 7.07. The molecule has 0 radical (unpaired) electrons. The number of ketones is 1. The van der Waals surface area contributed by atoms with Gasteiger partial charge >= 0.3 is 0 Å². The molecule has 2 unspecified atom stereocenters. The summed E-state index contributed by atoms with van der Waals surface area (Å²) in [6.07, 6.45) is 0.993. The van der Waals surface area contributed by atoms with Crippen molar-refractivity contribution in [3.63, 3.8) is 0 Å². The number of carbonyl (C=O) groups is 1. The molecule has 0 spiro atoms. The molecular formula is C19H20N2O3. The van der Waals surface area contributed by atoms with Crippen LogP contribution in [0, 0.1) is 28.1 Å². The molecule has 124 valence electrons. The Bertz CT molecular complexity index is 786. The van der Waals surface area contributed by atoms with Crippen molar-refractivity contribution in [2.45, 2.75) is 32.6 Å². The number of Topliss-reactive ketones (excluding diaryl/α,β-unsaturated/α-hetero) is 1. The van der Waals surface area contributed by atoms with Gasteiger partial charge in [-0.15, -0.1) is 0 Å². The van der Waals surface area contributed by atoms with E-state index >= 15 is 0 Å². The summed E-state index contributed by atoms with van der Waals surface area (Å²) in [5, 5.41) is 17.7. The molecule has 0 aromatic heterocycles. The van der Waals surface area contributed by atoms with E-state index in [1.807, 2.05) is 32.0 Å². The second kappa shape index (κ2) is 5.79. The van der Waals surface area contributed by atoms with E-state index in [9.17, 15) is 10.1 Å². The number of allylic oxidation sites excluding steroid dienone is 2. The molecule has 0 amide bonds. The summed E-state index contributed by atoms with van der Waals surface area (Å²) in [7, 11) is 1.56. The smallest absolute Gasteiger partial charge is 0.205 e. The van der Waals surface area contributed by atoms with Crippen molar-refractivity contribution in [1.29, 1.82) is 10.7 Å². The molecular weight excluding hydrogens is 304 g/mol. The van der Waals surface area contributed by atoms with Gasteiger partial charge in [-0.2, -0.15) is 5.26 Å². The lowest BCUT2D eigenvalue weighted by Crippen LogP contribution is -2.38. The maximum absolute atomic E-state index is 12.8. The number of nitriles is 1. The highest BCUT2D eigenvalue weighted by Crippen LogP contribution is 2.49. The lowest BCUT2D eigenvalue weighted by Gasteiger charge is -2.39. The average molecular weight is 324 g/mol. The quantitative estimate of drug-likeness (QED) is 0.901. The van der Waals surface area contributed by atoms with E-state index in [2.05, 4.69) is 6.07 Å². The van der Waals surface area contributed by atoms with Crippen LogP contribution in [0.3, 0.4) is 0 Å². The third-order valence-electron chi connectivity index (χ3n) is 4.65.